The molecule has 21 heavy (non-hydrogen) atoms. The van der Waals surface area contributed by atoms with E-state index in [9.17, 15) is 0 Å². The van der Waals surface area contributed by atoms with Gasteiger partial charge in [0.05, 0.1) is 0 Å². The summed E-state index contributed by atoms with van der Waals surface area (Å²) in [5.74, 6) is 3.74. The highest BCUT2D eigenvalue weighted by Gasteiger charge is 2.34. The van der Waals surface area contributed by atoms with E-state index in [1.54, 1.807) is 0 Å². The molecule has 116 valence electrons. The minimum Gasteiger partial charge on any atom is -0.384 e. The fourth-order valence-corrected chi connectivity index (χ4v) is 3.82. The Hall–Kier alpha value is -1.32. The van der Waals surface area contributed by atoms with Gasteiger partial charge in [0.1, 0.15) is 17.5 Å². The van der Waals surface area contributed by atoms with E-state index in [2.05, 4.69) is 29.1 Å². The highest BCUT2D eigenvalue weighted by atomic mass is 15.1. The number of anilines is 2. The SMILES string of the molecule is CC(C)CC1(CNc2cc(N)nc(C3CC3)n2)CCCC1. The van der Waals surface area contributed by atoms with Crippen LogP contribution >= 0.6 is 0 Å². The Morgan fingerprint density at radius 1 is 1.29 bits per heavy atom. The first-order chi connectivity index (χ1) is 10.1. The molecule has 1 aromatic heterocycles. The Morgan fingerprint density at radius 2 is 2.00 bits per heavy atom. The second-order valence-corrected chi connectivity index (χ2v) is 7.47. The predicted octanol–water partition coefficient (Wildman–Crippen LogP) is 3.95. The molecule has 4 heteroatoms. The van der Waals surface area contributed by atoms with Gasteiger partial charge < -0.3 is 11.1 Å². The van der Waals surface area contributed by atoms with Gasteiger partial charge in [-0.1, -0.05) is 26.7 Å². The van der Waals surface area contributed by atoms with Crippen LogP contribution in [-0.4, -0.2) is 16.5 Å². The maximum absolute atomic E-state index is 5.93. The lowest BCUT2D eigenvalue weighted by Gasteiger charge is -2.31. The smallest absolute Gasteiger partial charge is 0.136 e. The molecule has 0 aromatic carbocycles. The summed E-state index contributed by atoms with van der Waals surface area (Å²) < 4.78 is 0. The molecule has 3 N–H and O–H groups in total. The highest BCUT2D eigenvalue weighted by molar-refractivity contribution is 5.45. The van der Waals surface area contributed by atoms with Crippen LogP contribution in [-0.2, 0) is 0 Å². The van der Waals surface area contributed by atoms with E-state index < -0.39 is 0 Å². The first kappa shape index (κ1) is 14.6. The standard InChI is InChI=1S/C17H28N4/c1-12(2)10-17(7-3-4-8-17)11-19-15-9-14(18)20-16(21-15)13-5-6-13/h9,12-13H,3-8,10-11H2,1-2H3,(H3,18,19,20,21). The molecule has 2 aliphatic rings. The van der Waals surface area contributed by atoms with Crippen LogP contribution in [0, 0.1) is 11.3 Å². The maximum Gasteiger partial charge on any atom is 0.136 e. The van der Waals surface area contributed by atoms with Crippen molar-refractivity contribution in [2.24, 2.45) is 11.3 Å². The molecular weight excluding hydrogens is 260 g/mol. The third-order valence-electron chi connectivity index (χ3n) is 4.86. The summed E-state index contributed by atoms with van der Waals surface area (Å²) in [4.78, 5) is 9.03. The Kier molecular flexibility index (Phi) is 4.05. The minimum absolute atomic E-state index is 0.452. The van der Waals surface area contributed by atoms with E-state index in [0.29, 0.717) is 17.2 Å². The van der Waals surface area contributed by atoms with Crippen LogP contribution < -0.4 is 11.1 Å². The zero-order valence-electron chi connectivity index (χ0n) is 13.4. The molecule has 2 saturated carbocycles. The Labute approximate surface area is 127 Å². The summed E-state index contributed by atoms with van der Waals surface area (Å²) in [5.41, 5.74) is 6.38. The molecule has 0 bridgehead atoms. The third kappa shape index (κ3) is 3.66. The average molecular weight is 288 g/mol. The summed E-state index contributed by atoms with van der Waals surface area (Å²) in [6.45, 7) is 5.67. The van der Waals surface area contributed by atoms with Crippen LogP contribution in [0.25, 0.3) is 0 Å². The number of aromatic nitrogens is 2. The van der Waals surface area contributed by atoms with Gasteiger partial charge in [-0.2, -0.15) is 0 Å². The van der Waals surface area contributed by atoms with E-state index >= 15 is 0 Å². The first-order valence-electron chi connectivity index (χ1n) is 8.45. The van der Waals surface area contributed by atoms with E-state index in [0.717, 1.165) is 24.1 Å². The van der Waals surface area contributed by atoms with Gasteiger partial charge in [0.15, 0.2) is 0 Å². The van der Waals surface area contributed by atoms with Crippen LogP contribution in [0.3, 0.4) is 0 Å². The van der Waals surface area contributed by atoms with Gasteiger partial charge >= 0.3 is 0 Å². The normalized spacial score (nSPS) is 20.9. The van der Waals surface area contributed by atoms with Crippen molar-refractivity contribution in [3.8, 4) is 0 Å². The number of rotatable bonds is 6. The second kappa shape index (κ2) is 5.82. The molecule has 4 nitrogen and oxygen atoms in total. The van der Waals surface area contributed by atoms with Crippen molar-refractivity contribution in [2.45, 2.75) is 64.7 Å². The van der Waals surface area contributed by atoms with Crippen molar-refractivity contribution >= 4 is 11.6 Å². The summed E-state index contributed by atoms with van der Waals surface area (Å²) in [6.07, 6.45) is 9.14. The molecular formula is C17H28N4. The number of nitrogens with two attached hydrogens (primary N) is 1. The Bertz CT molecular complexity index is 488. The molecule has 1 heterocycles. The van der Waals surface area contributed by atoms with Crippen LogP contribution in [0.2, 0.25) is 0 Å². The second-order valence-electron chi connectivity index (χ2n) is 7.47. The lowest BCUT2D eigenvalue weighted by atomic mass is 9.78. The minimum atomic E-state index is 0.452. The van der Waals surface area contributed by atoms with Crippen LogP contribution in [0.4, 0.5) is 11.6 Å². The van der Waals surface area contributed by atoms with Crippen molar-refractivity contribution in [1.29, 1.82) is 0 Å². The van der Waals surface area contributed by atoms with Crippen molar-refractivity contribution in [1.82, 2.24) is 9.97 Å². The third-order valence-corrected chi connectivity index (χ3v) is 4.86. The molecule has 0 spiro atoms. The van der Waals surface area contributed by atoms with Gasteiger partial charge in [-0.25, -0.2) is 9.97 Å². The zero-order chi connectivity index (χ0) is 14.9. The number of hydrogen-bond acceptors (Lipinski definition) is 4. The van der Waals surface area contributed by atoms with E-state index in [-0.39, 0.29) is 0 Å². The topological polar surface area (TPSA) is 63.8 Å². The summed E-state index contributed by atoms with van der Waals surface area (Å²) in [6, 6.07) is 1.88. The predicted molar refractivity (Wildman–Crippen MR) is 87.3 cm³/mol. The summed E-state index contributed by atoms with van der Waals surface area (Å²) >= 11 is 0. The zero-order valence-corrected chi connectivity index (χ0v) is 13.4. The molecule has 0 aliphatic heterocycles. The number of nitrogens with one attached hydrogen (secondary N) is 1. The van der Waals surface area contributed by atoms with Crippen molar-refractivity contribution in [2.75, 3.05) is 17.6 Å². The molecule has 2 aliphatic carbocycles. The van der Waals surface area contributed by atoms with Crippen molar-refractivity contribution in [3.63, 3.8) is 0 Å². The molecule has 0 saturated heterocycles. The Balaban J connectivity index is 1.68. The van der Waals surface area contributed by atoms with Gasteiger partial charge in [-0.05, 0) is 43.4 Å². The first-order valence-corrected chi connectivity index (χ1v) is 8.45. The van der Waals surface area contributed by atoms with Gasteiger partial charge in [-0.3, -0.25) is 0 Å². The van der Waals surface area contributed by atoms with Crippen LogP contribution in [0.1, 0.15) is 70.5 Å². The number of nitrogens with zero attached hydrogens (tertiary/aromatic N) is 2. The van der Waals surface area contributed by atoms with Gasteiger partial charge in [0, 0.05) is 18.5 Å². The maximum atomic E-state index is 5.93. The number of hydrogen-bond donors (Lipinski definition) is 2. The lowest BCUT2D eigenvalue weighted by Crippen LogP contribution is -2.29. The van der Waals surface area contributed by atoms with E-state index in [4.69, 9.17) is 5.73 Å². The fourth-order valence-electron chi connectivity index (χ4n) is 3.82. The van der Waals surface area contributed by atoms with E-state index in [1.807, 2.05) is 6.07 Å². The average Bonchev–Trinajstić information content (AvgIpc) is 3.17. The lowest BCUT2D eigenvalue weighted by molar-refractivity contribution is 0.252. The van der Waals surface area contributed by atoms with Gasteiger partial charge in [0.25, 0.3) is 0 Å². The molecule has 0 atom stereocenters. The molecule has 0 unspecified atom stereocenters. The molecule has 0 amide bonds. The van der Waals surface area contributed by atoms with Gasteiger partial charge in [-0.15, -0.1) is 0 Å². The van der Waals surface area contributed by atoms with E-state index in [1.165, 1.54) is 44.9 Å². The molecule has 3 rings (SSSR count). The quantitative estimate of drug-likeness (QED) is 0.831. The molecule has 0 radical (unpaired) electrons. The number of nitrogen functional groups attached to an aromatic ring is 1. The van der Waals surface area contributed by atoms with Crippen LogP contribution in [0.15, 0.2) is 6.07 Å². The summed E-state index contributed by atoms with van der Waals surface area (Å²) in [7, 11) is 0. The Morgan fingerprint density at radius 3 is 2.62 bits per heavy atom. The highest BCUT2D eigenvalue weighted by Crippen LogP contribution is 2.43. The molecule has 2 fully saturated rings. The van der Waals surface area contributed by atoms with Crippen molar-refractivity contribution < 1.29 is 0 Å². The summed E-state index contributed by atoms with van der Waals surface area (Å²) in [5, 5.41) is 3.57. The van der Waals surface area contributed by atoms with Gasteiger partial charge in [0.2, 0.25) is 0 Å². The van der Waals surface area contributed by atoms with Crippen molar-refractivity contribution in [3.05, 3.63) is 11.9 Å². The fraction of sp³-hybridized carbons (Fsp3) is 0.765. The molecule has 1 aromatic rings. The monoisotopic (exact) mass is 288 g/mol. The van der Waals surface area contributed by atoms with Crippen LogP contribution in [0.5, 0.6) is 0 Å². The largest absolute Gasteiger partial charge is 0.384 e.